The summed E-state index contributed by atoms with van der Waals surface area (Å²) in [7, 11) is 3.09. The second-order valence-electron chi connectivity index (χ2n) is 4.93. The fraction of sp³-hybridized carbons (Fsp3) is 0.235. The number of hydrogen-bond acceptors (Lipinski definition) is 3. The zero-order chi connectivity index (χ0) is 17.0. The number of methoxy groups -OCH3 is 2. The molecule has 0 unspecified atom stereocenters. The number of benzene rings is 2. The Labute approximate surface area is 139 Å². The van der Waals surface area contributed by atoms with Gasteiger partial charge in [0.15, 0.2) is 0 Å². The lowest BCUT2D eigenvalue weighted by Crippen LogP contribution is -2.27. The van der Waals surface area contributed by atoms with Crippen LogP contribution in [0.2, 0.25) is 5.02 Å². The number of halogens is 2. The van der Waals surface area contributed by atoms with Crippen LogP contribution in [0.3, 0.4) is 0 Å². The molecule has 2 rings (SSSR count). The molecule has 0 aliphatic heterocycles. The van der Waals surface area contributed by atoms with Crippen molar-refractivity contribution < 1.29 is 18.7 Å². The molecular weight excluding hydrogens is 321 g/mol. The molecule has 6 heteroatoms. The van der Waals surface area contributed by atoms with Gasteiger partial charge in [0.2, 0.25) is 0 Å². The molecule has 0 fully saturated rings. The van der Waals surface area contributed by atoms with Crippen LogP contribution in [0.25, 0.3) is 0 Å². The lowest BCUT2D eigenvalue weighted by Gasteiger charge is -2.18. The maximum atomic E-state index is 13.8. The van der Waals surface area contributed by atoms with Gasteiger partial charge in [0.05, 0.1) is 25.8 Å². The number of nitrogens with one attached hydrogen (secondary N) is 1. The molecule has 23 heavy (non-hydrogen) atoms. The summed E-state index contributed by atoms with van der Waals surface area (Å²) in [6.45, 7) is 1.78. The second-order valence-corrected chi connectivity index (χ2v) is 5.36. The van der Waals surface area contributed by atoms with Gasteiger partial charge in [0.25, 0.3) is 5.91 Å². The smallest absolute Gasteiger partial charge is 0.254 e. The molecule has 122 valence electrons. The largest absolute Gasteiger partial charge is 0.497 e. The Morgan fingerprint density at radius 3 is 2.52 bits per heavy atom. The summed E-state index contributed by atoms with van der Waals surface area (Å²) < 4.78 is 24.3. The fourth-order valence-electron chi connectivity index (χ4n) is 2.20. The van der Waals surface area contributed by atoms with Crippen molar-refractivity contribution in [2.24, 2.45) is 0 Å². The fourth-order valence-corrected chi connectivity index (χ4v) is 2.36. The zero-order valence-corrected chi connectivity index (χ0v) is 13.8. The van der Waals surface area contributed by atoms with Gasteiger partial charge in [0, 0.05) is 10.6 Å². The van der Waals surface area contributed by atoms with Crippen molar-refractivity contribution in [3.8, 4) is 11.5 Å². The lowest BCUT2D eigenvalue weighted by atomic mass is 10.1. The summed E-state index contributed by atoms with van der Waals surface area (Å²) >= 11 is 5.69. The lowest BCUT2D eigenvalue weighted by molar-refractivity contribution is 0.0935. The highest BCUT2D eigenvalue weighted by atomic mass is 35.5. The molecule has 0 aliphatic rings. The predicted molar refractivity (Wildman–Crippen MR) is 86.8 cm³/mol. The second kappa shape index (κ2) is 7.33. The number of hydrogen-bond donors (Lipinski definition) is 1. The highest BCUT2D eigenvalue weighted by Crippen LogP contribution is 2.29. The molecule has 1 amide bonds. The maximum absolute atomic E-state index is 13.8. The number of rotatable bonds is 5. The Bertz CT molecular complexity index is 721. The summed E-state index contributed by atoms with van der Waals surface area (Å²) in [5.74, 6) is 0.0473. The Balaban J connectivity index is 2.24. The molecular formula is C17H17ClFNO3. The van der Waals surface area contributed by atoms with Gasteiger partial charge in [0.1, 0.15) is 17.3 Å². The van der Waals surface area contributed by atoms with Crippen LogP contribution < -0.4 is 14.8 Å². The first-order valence-electron chi connectivity index (χ1n) is 6.94. The number of ether oxygens (including phenoxy) is 2. The van der Waals surface area contributed by atoms with Gasteiger partial charge in [-0.3, -0.25) is 4.79 Å². The SMILES string of the molecule is COc1ccc(OC)c([C@H](C)NC(=O)c2ccc(Cl)cc2F)c1. The molecule has 2 aromatic rings. The van der Waals surface area contributed by atoms with Gasteiger partial charge in [-0.05, 0) is 43.3 Å². The van der Waals surface area contributed by atoms with Crippen LogP contribution in [0.5, 0.6) is 11.5 Å². The molecule has 2 aromatic carbocycles. The molecule has 4 nitrogen and oxygen atoms in total. The van der Waals surface area contributed by atoms with Crippen LogP contribution in [-0.2, 0) is 0 Å². The van der Waals surface area contributed by atoms with E-state index in [1.54, 1.807) is 39.3 Å². The zero-order valence-electron chi connectivity index (χ0n) is 13.0. The molecule has 1 N–H and O–H groups in total. The van der Waals surface area contributed by atoms with E-state index < -0.39 is 17.8 Å². The van der Waals surface area contributed by atoms with E-state index in [0.717, 1.165) is 11.6 Å². The van der Waals surface area contributed by atoms with Crippen molar-refractivity contribution in [3.63, 3.8) is 0 Å². The monoisotopic (exact) mass is 337 g/mol. The molecule has 1 atom stereocenters. The summed E-state index contributed by atoms with van der Waals surface area (Å²) in [5, 5.41) is 2.98. The highest BCUT2D eigenvalue weighted by Gasteiger charge is 2.18. The van der Waals surface area contributed by atoms with Gasteiger partial charge in [-0.25, -0.2) is 4.39 Å². The summed E-state index contributed by atoms with van der Waals surface area (Å²) in [5.41, 5.74) is 0.665. The van der Waals surface area contributed by atoms with Crippen LogP contribution >= 0.6 is 11.6 Å². The van der Waals surface area contributed by atoms with Crippen molar-refractivity contribution in [2.45, 2.75) is 13.0 Å². The van der Waals surface area contributed by atoms with Crippen molar-refractivity contribution in [1.29, 1.82) is 0 Å². The minimum absolute atomic E-state index is 0.0666. The van der Waals surface area contributed by atoms with E-state index in [0.29, 0.717) is 11.5 Å². The van der Waals surface area contributed by atoms with E-state index in [-0.39, 0.29) is 10.6 Å². The van der Waals surface area contributed by atoms with Gasteiger partial charge in [-0.2, -0.15) is 0 Å². The van der Waals surface area contributed by atoms with Crippen molar-refractivity contribution >= 4 is 17.5 Å². The van der Waals surface area contributed by atoms with E-state index in [9.17, 15) is 9.18 Å². The predicted octanol–water partition coefficient (Wildman–Crippen LogP) is 3.99. The van der Waals surface area contributed by atoms with E-state index in [1.807, 2.05) is 0 Å². The molecule has 0 aliphatic carbocycles. The van der Waals surface area contributed by atoms with Gasteiger partial charge in [-0.15, -0.1) is 0 Å². The van der Waals surface area contributed by atoms with Crippen LogP contribution in [-0.4, -0.2) is 20.1 Å². The molecule has 0 aromatic heterocycles. The Morgan fingerprint density at radius 1 is 1.17 bits per heavy atom. The van der Waals surface area contributed by atoms with Gasteiger partial charge in [-0.1, -0.05) is 11.6 Å². The Morgan fingerprint density at radius 2 is 1.91 bits per heavy atom. The van der Waals surface area contributed by atoms with Gasteiger partial charge >= 0.3 is 0 Å². The molecule has 0 radical (unpaired) electrons. The Hall–Kier alpha value is -2.27. The number of carbonyl (C=O) groups is 1. The van der Waals surface area contributed by atoms with Crippen molar-refractivity contribution in [3.05, 3.63) is 58.4 Å². The Kier molecular flexibility index (Phi) is 5.45. The molecule has 0 spiro atoms. The number of amides is 1. The average molecular weight is 338 g/mol. The van der Waals surface area contributed by atoms with E-state index in [4.69, 9.17) is 21.1 Å². The van der Waals surface area contributed by atoms with E-state index >= 15 is 0 Å². The average Bonchev–Trinajstić information content (AvgIpc) is 2.53. The minimum Gasteiger partial charge on any atom is -0.497 e. The standard InChI is InChI=1S/C17H17ClFNO3/c1-10(14-9-12(22-2)5-7-16(14)23-3)20-17(21)13-6-4-11(18)8-15(13)19/h4-10H,1-3H3,(H,20,21)/t10-/m0/s1. The van der Waals surface area contributed by atoms with Crippen LogP contribution in [0.4, 0.5) is 4.39 Å². The summed E-state index contributed by atoms with van der Waals surface area (Å²) in [6, 6.07) is 8.80. The molecule has 0 saturated carbocycles. The summed E-state index contributed by atoms with van der Waals surface area (Å²) in [6.07, 6.45) is 0. The summed E-state index contributed by atoms with van der Waals surface area (Å²) in [4.78, 5) is 12.2. The van der Waals surface area contributed by atoms with E-state index in [1.165, 1.54) is 12.1 Å². The third kappa shape index (κ3) is 3.93. The molecule has 0 saturated heterocycles. The van der Waals surface area contributed by atoms with Crippen LogP contribution in [0.1, 0.15) is 28.9 Å². The van der Waals surface area contributed by atoms with Crippen LogP contribution in [0.15, 0.2) is 36.4 Å². The first-order chi connectivity index (χ1) is 11.0. The number of carbonyl (C=O) groups excluding carboxylic acids is 1. The minimum atomic E-state index is -0.667. The third-order valence-electron chi connectivity index (χ3n) is 3.43. The quantitative estimate of drug-likeness (QED) is 0.897. The van der Waals surface area contributed by atoms with Crippen LogP contribution in [0, 0.1) is 5.82 Å². The first-order valence-corrected chi connectivity index (χ1v) is 7.32. The molecule has 0 heterocycles. The maximum Gasteiger partial charge on any atom is 0.254 e. The third-order valence-corrected chi connectivity index (χ3v) is 3.66. The van der Waals surface area contributed by atoms with E-state index in [2.05, 4.69) is 5.32 Å². The topological polar surface area (TPSA) is 47.6 Å². The van der Waals surface area contributed by atoms with Gasteiger partial charge < -0.3 is 14.8 Å². The molecule has 0 bridgehead atoms. The van der Waals surface area contributed by atoms with Crippen molar-refractivity contribution in [1.82, 2.24) is 5.32 Å². The van der Waals surface area contributed by atoms with Crippen molar-refractivity contribution in [2.75, 3.05) is 14.2 Å². The first kappa shape index (κ1) is 17.1. The highest BCUT2D eigenvalue weighted by molar-refractivity contribution is 6.30. The normalized spacial score (nSPS) is 11.7.